The minimum atomic E-state index is -1.65. The molecule has 8 heteroatoms. The van der Waals surface area contributed by atoms with Gasteiger partial charge in [-0.1, -0.05) is 18.2 Å². The van der Waals surface area contributed by atoms with Gasteiger partial charge in [-0.2, -0.15) is 5.26 Å². The van der Waals surface area contributed by atoms with Gasteiger partial charge < -0.3 is 24.7 Å². The highest BCUT2D eigenvalue weighted by molar-refractivity contribution is 6.14. The zero-order valence-electron chi connectivity index (χ0n) is 17.3. The van der Waals surface area contributed by atoms with Crippen LogP contribution in [-0.2, 0) is 22.0 Å². The van der Waals surface area contributed by atoms with Crippen LogP contribution in [0.2, 0.25) is 0 Å². The lowest BCUT2D eigenvalue weighted by Crippen LogP contribution is -2.50. The molecule has 1 saturated heterocycles. The van der Waals surface area contributed by atoms with Gasteiger partial charge in [0.25, 0.3) is 5.56 Å². The second-order valence-electron chi connectivity index (χ2n) is 8.16. The summed E-state index contributed by atoms with van der Waals surface area (Å²) in [5, 5.41) is 10.1. The first-order valence-corrected chi connectivity index (χ1v) is 10.2. The quantitative estimate of drug-likeness (QED) is 0.793. The van der Waals surface area contributed by atoms with Crippen molar-refractivity contribution >= 4 is 11.6 Å². The number of hydrogen-bond donors (Lipinski definition) is 1. The Morgan fingerprint density at radius 2 is 2.10 bits per heavy atom. The number of pyridine rings is 1. The van der Waals surface area contributed by atoms with E-state index in [1.54, 1.807) is 37.1 Å². The Labute approximate surface area is 179 Å². The van der Waals surface area contributed by atoms with Gasteiger partial charge in [-0.05, 0) is 25.8 Å². The predicted octanol–water partition coefficient (Wildman–Crippen LogP) is 1.59. The molecule has 5 rings (SSSR count). The van der Waals surface area contributed by atoms with Gasteiger partial charge in [0.1, 0.15) is 17.4 Å². The molecule has 2 N–H and O–H groups in total. The topological polar surface area (TPSA) is 111 Å². The molecule has 0 radical (unpaired) electrons. The normalized spacial score (nSPS) is 24.2. The number of carbonyl (C=O) groups excluding carboxylic acids is 1. The van der Waals surface area contributed by atoms with E-state index in [9.17, 15) is 14.9 Å². The molecule has 8 nitrogen and oxygen atoms in total. The van der Waals surface area contributed by atoms with E-state index in [4.69, 9.17) is 15.2 Å². The minimum Gasteiger partial charge on any atom is -0.440 e. The molecule has 3 aliphatic rings. The standard InChI is InChI=1S/C23H22N4O4/c1-13-10-18-19(21(28)26(13)2)23(16(11-24)20(25)31-18)15-7-3-4-8-17(15)27(22(23)29)12-14-6-5-9-30-14/h3-4,7-8,10,14H,5-6,9,12,25H2,1-2H3. The number of benzene rings is 1. The third-order valence-electron chi connectivity index (χ3n) is 6.54. The number of anilines is 1. The Hall–Kier alpha value is -3.57. The number of aromatic nitrogens is 1. The van der Waals surface area contributed by atoms with Crippen LogP contribution in [0.25, 0.3) is 0 Å². The lowest BCUT2D eigenvalue weighted by atomic mass is 9.69. The SMILES string of the molecule is Cc1cc2c(c(=O)n1C)C1(C(=O)N(CC3CCCO3)c3ccccc31)C(C#N)=C(N)O2. The molecule has 2 aromatic rings. The molecular formula is C23H22N4O4. The average Bonchev–Trinajstić information content (AvgIpc) is 3.35. The maximum Gasteiger partial charge on any atom is 0.259 e. The summed E-state index contributed by atoms with van der Waals surface area (Å²) in [5.74, 6) is -0.335. The van der Waals surface area contributed by atoms with E-state index in [0.717, 1.165) is 12.8 Å². The van der Waals surface area contributed by atoms with Crippen LogP contribution >= 0.6 is 0 Å². The van der Waals surface area contributed by atoms with E-state index < -0.39 is 11.0 Å². The fourth-order valence-corrected chi connectivity index (χ4v) is 4.95. The van der Waals surface area contributed by atoms with Crippen molar-refractivity contribution < 1.29 is 14.3 Å². The van der Waals surface area contributed by atoms with Crippen LogP contribution in [-0.4, -0.2) is 29.7 Å². The van der Waals surface area contributed by atoms with Crippen LogP contribution in [0, 0.1) is 18.3 Å². The van der Waals surface area contributed by atoms with Crippen molar-refractivity contribution in [1.29, 1.82) is 5.26 Å². The largest absolute Gasteiger partial charge is 0.440 e. The van der Waals surface area contributed by atoms with Crippen LogP contribution in [0.15, 0.2) is 46.6 Å². The number of hydrogen-bond acceptors (Lipinski definition) is 6. The number of fused-ring (bicyclic) bond motifs is 4. The number of amides is 1. The van der Waals surface area contributed by atoms with Crippen molar-refractivity contribution in [3.8, 4) is 11.8 Å². The molecule has 1 amide bonds. The van der Waals surface area contributed by atoms with Crippen molar-refractivity contribution in [2.75, 3.05) is 18.1 Å². The number of aryl methyl sites for hydroxylation is 1. The van der Waals surface area contributed by atoms with Gasteiger partial charge in [0, 0.05) is 36.7 Å². The number of rotatable bonds is 2. The zero-order chi connectivity index (χ0) is 21.9. The van der Waals surface area contributed by atoms with Crippen LogP contribution < -0.4 is 20.9 Å². The monoisotopic (exact) mass is 418 g/mol. The van der Waals surface area contributed by atoms with Crippen LogP contribution in [0.1, 0.15) is 29.7 Å². The van der Waals surface area contributed by atoms with Crippen LogP contribution in [0.5, 0.6) is 5.75 Å². The summed E-state index contributed by atoms with van der Waals surface area (Å²) in [6.07, 6.45) is 1.69. The lowest BCUT2D eigenvalue weighted by molar-refractivity contribution is -0.121. The number of carbonyl (C=O) groups is 1. The van der Waals surface area contributed by atoms with E-state index >= 15 is 0 Å². The van der Waals surface area contributed by atoms with Gasteiger partial charge in [-0.25, -0.2) is 0 Å². The summed E-state index contributed by atoms with van der Waals surface area (Å²) in [6.45, 7) is 2.77. The van der Waals surface area contributed by atoms with Crippen molar-refractivity contribution in [3.63, 3.8) is 0 Å². The van der Waals surface area contributed by atoms with Crippen LogP contribution in [0.3, 0.4) is 0 Å². The van der Waals surface area contributed by atoms with Crippen molar-refractivity contribution in [2.24, 2.45) is 12.8 Å². The van der Waals surface area contributed by atoms with E-state index in [1.807, 2.05) is 12.1 Å². The first-order valence-electron chi connectivity index (χ1n) is 10.2. The summed E-state index contributed by atoms with van der Waals surface area (Å²) >= 11 is 0. The first kappa shape index (κ1) is 19.4. The second-order valence-corrected chi connectivity index (χ2v) is 8.16. The molecule has 1 spiro atoms. The molecule has 1 aromatic heterocycles. The Balaban J connectivity index is 1.84. The summed E-state index contributed by atoms with van der Waals surface area (Å²) in [5.41, 5.74) is 6.04. The van der Waals surface area contributed by atoms with E-state index in [-0.39, 0.29) is 34.8 Å². The van der Waals surface area contributed by atoms with Gasteiger partial charge >= 0.3 is 0 Å². The van der Waals surface area contributed by atoms with E-state index in [2.05, 4.69) is 6.07 Å². The van der Waals surface area contributed by atoms with Gasteiger partial charge in [-0.15, -0.1) is 0 Å². The fraction of sp³-hybridized carbons (Fsp3) is 0.348. The zero-order valence-corrected chi connectivity index (χ0v) is 17.3. The highest BCUT2D eigenvalue weighted by atomic mass is 16.5. The smallest absolute Gasteiger partial charge is 0.259 e. The molecule has 1 fully saturated rings. The number of ether oxygens (including phenoxy) is 2. The number of para-hydroxylation sites is 1. The van der Waals surface area contributed by atoms with Crippen molar-refractivity contribution in [3.05, 3.63) is 69.0 Å². The second kappa shape index (κ2) is 6.72. The molecule has 158 valence electrons. The molecule has 2 unspecified atom stereocenters. The maximum atomic E-state index is 14.2. The molecule has 0 saturated carbocycles. The van der Waals surface area contributed by atoms with Crippen LogP contribution in [0.4, 0.5) is 5.69 Å². The molecule has 3 aliphatic heterocycles. The Morgan fingerprint density at radius 3 is 2.81 bits per heavy atom. The average molecular weight is 418 g/mol. The molecule has 2 atom stereocenters. The molecule has 0 aliphatic carbocycles. The summed E-state index contributed by atoms with van der Waals surface area (Å²) in [6, 6.07) is 11.0. The number of nitriles is 1. The van der Waals surface area contributed by atoms with Gasteiger partial charge in [-0.3, -0.25) is 9.59 Å². The molecule has 1 aromatic carbocycles. The molecular weight excluding hydrogens is 396 g/mol. The molecule has 31 heavy (non-hydrogen) atoms. The Morgan fingerprint density at radius 1 is 1.32 bits per heavy atom. The maximum absolute atomic E-state index is 14.2. The summed E-state index contributed by atoms with van der Waals surface area (Å²) < 4.78 is 12.9. The van der Waals surface area contributed by atoms with Gasteiger partial charge in [0.2, 0.25) is 11.8 Å². The molecule has 4 heterocycles. The van der Waals surface area contributed by atoms with Gasteiger partial charge in [0.05, 0.1) is 18.2 Å². The molecule has 0 bridgehead atoms. The lowest BCUT2D eigenvalue weighted by Gasteiger charge is -2.34. The summed E-state index contributed by atoms with van der Waals surface area (Å²) in [4.78, 5) is 29.3. The Bertz CT molecular complexity index is 1250. The third kappa shape index (κ3) is 2.44. The first-order chi connectivity index (χ1) is 14.9. The minimum absolute atomic E-state index is 0.0618. The number of nitrogens with two attached hydrogens (primary N) is 1. The summed E-state index contributed by atoms with van der Waals surface area (Å²) in [7, 11) is 1.63. The van der Waals surface area contributed by atoms with Gasteiger partial charge in [0.15, 0.2) is 5.41 Å². The van der Waals surface area contributed by atoms with Crippen molar-refractivity contribution in [1.82, 2.24) is 4.57 Å². The van der Waals surface area contributed by atoms with E-state index in [1.165, 1.54) is 4.57 Å². The Kier molecular flexibility index (Phi) is 4.21. The highest BCUT2D eigenvalue weighted by Crippen LogP contribution is 2.54. The number of nitrogens with zero attached hydrogens (tertiary/aromatic N) is 3. The van der Waals surface area contributed by atoms with Crippen molar-refractivity contribution in [2.45, 2.75) is 31.3 Å². The van der Waals surface area contributed by atoms with E-state index in [0.29, 0.717) is 30.1 Å². The third-order valence-corrected chi connectivity index (χ3v) is 6.54. The highest BCUT2D eigenvalue weighted by Gasteiger charge is 2.60. The predicted molar refractivity (Wildman–Crippen MR) is 112 cm³/mol. The fourth-order valence-electron chi connectivity index (χ4n) is 4.95.